The van der Waals surface area contributed by atoms with Crippen molar-refractivity contribution >= 4 is 40.8 Å². The highest BCUT2D eigenvalue weighted by Gasteiger charge is 2.59. The lowest BCUT2D eigenvalue weighted by molar-refractivity contribution is -0.474. The van der Waals surface area contributed by atoms with Gasteiger partial charge >= 0.3 is 5.82 Å². The Morgan fingerprint density at radius 2 is 2.21 bits per heavy atom. The molecular formula is C18H14ClF2N6O+. The summed E-state index contributed by atoms with van der Waals surface area (Å²) >= 11 is 6.27. The Bertz CT molecular complexity index is 1180. The summed E-state index contributed by atoms with van der Waals surface area (Å²) in [4.78, 5) is 11.8. The monoisotopic (exact) mass is 403 g/mol. The van der Waals surface area contributed by atoms with Crippen LogP contribution in [0.1, 0.15) is 18.0 Å². The van der Waals surface area contributed by atoms with E-state index in [9.17, 15) is 13.6 Å². The smallest absolute Gasteiger partial charge is 0.315 e. The number of hydrazone groups is 1. The van der Waals surface area contributed by atoms with Crippen LogP contribution in [0.4, 0.5) is 8.78 Å². The number of hydrogen-bond acceptors (Lipinski definition) is 4. The quantitative estimate of drug-likeness (QED) is 0.603. The van der Waals surface area contributed by atoms with E-state index >= 15 is 0 Å². The van der Waals surface area contributed by atoms with Crippen molar-refractivity contribution in [2.75, 3.05) is 7.05 Å². The first kappa shape index (κ1) is 18.1. The molecule has 1 atom stereocenters. The van der Waals surface area contributed by atoms with Gasteiger partial charge < -0.3 is 5.73 Å². The van der Waals surface area contributed by atoms with Crippen molar-refractivity contribution in [2.45, 2.75) is 18.4 Å². The van der Waals surface area contributed by atoms with Gasteiger partial charge in [0.15, 0.2) is 11.3 Å². The summed E-state index contributed by atoms with van der Waals surface area (Å²) in [6, 6.07) is 2.23. The molecule has 3 N–H and O–H groups in total. The second-order valence-electron chi connectivity index (χ2n) is 6.36. The highest BCUT2D eigenvalue weighted by molar-refractivity contribution is 6.33. The number of nitrogens with one attached hydrogen (secondary N) is 1. The van der Waals surface area contributed by atoms with Crippen LogP contribution in [-0.2, 0) is 4.79 Å². The molecule has 10 heteroatoms. The van der Waals surface area contributed by atoms with Crippen molar-refractivity contribution in [3.8, 4) is 11.8 Å². The molecule has 0 bridgehead atoms. The molecule has 2 aromatic rings. The fourth-order valence-corrected chi connectivity index (χ4v) is 3.30. The molecule has 1 fully saturated rings. The number of benzene rings is 1. The molecule has 1 aromatic carbocycles. The molecule has 28 heavy (non-hydrogen) atoms. The Hall–Kier alpha value is -3.25. The lowest BCUT2D eigenvalue weighted by atomic mass is 10.1. The van der Waals surface area contributed by atoms with E-state index in [0.717, 1.165) is 0 Å². The Morgan fingerprint density at radius 1 is 1.50 bits per heavy atom. The van der Waals surface area contributed by atoms with Gasteiger partial charge in [0.25, 0.3) is 11.8 Å². The van der Waals surface area contributed by atoms with E-state index in [1.807, 2.05) is 0 Å². The van der Waals surface area contributed by atoms with Crippen molar-refractivity contribution in [3.05, 3.63) is 40.3 Å². The fraction of sp³-hybridized carbons (Fsp3) is 0.222. The van der Waals surface area contributed by atoms with E-state index in [1.165, 1.54) is 15.6 Å². The molecule has 0 radical (unpaired) electrons. The standard InChI is InChI=1S/C18H13ClF2N6O/c1-23-17-15(16(22)28)12(25-26(17)2)5-3-9-10-8-24-27(14-7-18(14,20)21)13(10)6-4-11(9)19/h4,6,8,14H,2,7H2,1H3,(H2-,22,23,25,28)/p+1. The molecule has 1 aromatic heterocycles. The van der Waals surface area contributed by atoms with E-state index in [-0.39, 0.29) is 17.7 Å². The summed E-state index contributed by atoms with van der Waals surface area (Å²) in [6.45, 7) is 3.68. The second kappa shape index (κ2) is 6.14. The Kier molecular flexibility index (Phi) is 3.97. The van der Waals surface area contributed by atoms with Crippen LogP contribution in [-0.4, -0.2) is 45.8 Å². The first-order valence-corrected chi connectivity index (χ1v) is 8.59. The zero-order valence-corrected chi connectivity index (χ0v) is 15.4. The van der Waals surface area contributed by atoms with Gasteiger partial charge in [0.2, 0.25) is 0 Å². The molecule has 4 rings (SSSR count). The number of nitrogens with zero attached hydrogens (tertiary/aromatic N) is 4. The second-order valence-corrected chi connectivity index (χ2v) is 6.77. The maximum absolute atomic E-state index is 13.4. The Balaban J connectivity index is 1.79. The normalized spacial score (nSPS) is 20.1. The predicted octanol–water partition coefficient (Wildman–Crippen LogP) is 1.62. The summed E-state index contributed by atoms with van der Waals surface area (Å²) in [5.74, 6) is 2.49. The van der Waals surface area contributed by atoms with Crippen LogP contribution in [0.5, 0.6) is 0 Å². The van der Waals surface area contributed by atoms with Gasteiger partial charge in [-0.2, -0.15) is 5.10 Å². The van der Waals surface area contributed by atoms with Crippen LogP contribution < -0.4 is 11.1 Å². The lowest BCUT2D eigenvalue weighted by Gasteiger charge is -2.03. The number of carbonyl (C=O) groups excluding carboxylic acids is 1. The van der Waals surface area contributed by atoms with E-state index in [0.29, 0.717) is 27.3 Å². The third-order valence-electron chi connectivity index (χ3n) is 4.56. The van der Waals surface area contributed by atoms with Gasteiger partial charge in [0.1, 0.15) is 6.04 Å². The molecule has 142 valence electrons. The van der Waals surface area contributed by atoms with Crippen LogP contribution >= 0.6 is 11.6 Å². The van der Waals surface area contributed by atoms with Crippen molar-refractivity contribution < 1.29 is 18.3 Å². The van der Waals surface area contributed by atoms with E-state index < -0.39 is 17.9 Å². The molecule has 7 nitrogen and oxygen atoms in total. The lowest BCUT2D eigenvalue weighted by Crippen LogP contribution is -2.24. The first-order chi connectivity index (χ1) is 13.2. The minimum absolute atomic E-state index is 0.0987. The molecule has 1 amide bonds. The number of aromatic nitrogens is 2. The molecule has 2 aliphatic rings. The van der Waals surface area contributed by atoms with Crippen LogP contribution in [0.2, 0.25) is 5.02 Å². The molecule has 1 saturated carbocycles. The Morgan fingerprint density at radius 3 is 2.82 bits per heavy atom. The number of nitrogens with two attached hydrogens (primary N) is 1. The summed E-state index contributed by atoms with van der Waals surface area (Å²) < 4.78 is 29.4. The summed E-state index contributed by atoms with van der Waals surface area (Å²) in [5.41, 5.74) is 6.55. The molecule has 0 saturated heterocycles. The van der Waals surface area contributed by atoms with Crippen LogP contribution in [0.15, 0.2) is 34.8 Å². The zero-order valence-electron chi connectivity index (χ0n) is 14.6. The van der Waals surface area contributed by atoms with Gasteiger partial charge in [-0.15, -0.1) is 4.68 Å². The fourth-order valence-electron chi connectivity index (χ4n) is 3.09. The number of alkyl halides is 2. The highest BCUT2D eigenvalue weighted by atomic mass is 35.5. The molecular weight excluding hydrogens is 390 g/mol. The van der Waals surface area contributed by atoms with Gasteiger partial charge in [-0.25, -0.2) is 8.78 Å². The zero-order chi connectivity index (χ0) is 20.2. The number of halogens is 3. The van der Waals surface area contributed by atoms with Gasteiger partial charge in [-0.3, -0.25) is 14.8 Å². The first-order valence-electron chi connectivity index (χ1n) is 8.21. The minimum atomic E-state index is -2.76. The highest BCUT2D eigenvalue weighted by Crippen LogP contribution is 2.53. The minimum Gasteiger partial charge on any atom is -0.365 e. The number of primary amides is 1. The van der Waals surface area contributed by atoms with Crippen LogP contribution in [0.25, 0.3) is 10.9 Å². The maximum Gasteiger partial charge on any atom is 0.315 e. The molecule has 2 heterocycles. The number of rotatable bonds is 3. The average Bonchev–Trinajstić information content (AvgIpc) is 2.96. The topological polar surface area (TPSA) is 88.3 Å². The van der Waals surface area contributed by atoms with Crippen LogP contribution in [0, 0.1) is 11.8 Å². The van der Waals surface area contributed by atoms with E-state index in [4.69, 9.17) is 17.3 Å². The van der Waals surface area contributed by atoms with Crippen molar-refractivity contribution in [3.63, 3.8) is 0 Å². The Labute approximate surface area is 163 Å². The molecule has 1 aliphatic carbocycles. The van der Waals surface area contributed by atoms with Crippen molar-refractivity contribution in [2.24, 2.45) is 10.8 Å². The van der Waals surface area contributed by atoms with Crippen molar-refractivity contribution in [1.29, 1.82) is 0 Å². The van der Waals surface area contributed by atoms with Gasteiger partial charge in [-0.05, 0) is 18.1 Å². The largest absolute Gasteiger partial charge is 0.365 e. The van der Waals surface area contributed by atoms with E-state index in [1.54, 1.807) is 19.2 Å². The predicted molar refractivity (Wildman–Crippen MR) is 100 cm³/mol. The number of carbonyl (C=O) groups is 1. The van der Waals surface area contributed by atoms with Gasteiger partial charge in [0.05, 0.1) is 36.1 Å². The average molecular weight is 404 g/mol. The third-order valence-corrected chi connectivity index (χ3v) is 4.87. The van der Waals surface area contributed by atoms with Gasteiger partial charge in [-0.1, -0.05) is 22.6 Å². The summed E-state index contributed by atoms with van der Waals surface area (Å²) in [5, 5.41) is 11.8. The van der Waals surface area contributed by atoms with E-state index in [2.05, 4.69) is 34.1 Å². The molecule has 1 aliphatic heterocycles. The number of hydrogen-bond donors (Lipinski definition) is 2. The number of amides is 1. The molecule has 1 unspecified atom stereocenters. The SMILES string of the molecule is C=[N+]1N=C(C#Cc2c(Cl)ccc3c2cnn3C2CC2(F)F)C(C(N)=O)=C1NC. The van der Waals surface area contributed by atoms with Gasteiger partial charge in [0, 0.05) is 11.8 Å². The third kappa shape index (κ3) is 2.73. The summed E-state index contributed by atoms with van der Waals surface area (Å²) in [7, 11) is 1.60. The van der Waals surface area contributed by atoms with Crippen LogP contribution in [0.3, 0.4) is 0 Å². The maximum atomic E-state index is 13.4. The van der Waals surface area contributed by atoms with Crippen molar-refractivity contribution in [1.82, 2.24) is 15.1 Å². The number of fused-ring (bicyclic) bond motifs is 1. The molecule has 0 spiro atoms. The summed E-state index contributed by atoms with van der Waals surface area (Å²) in [6.07, 6.45) is 1.21.